The molecule has 0 bridgehead atoms. The Morgan fingerprint density at radius 1 is 1.17 bits per heavy atom. The molecule has 0 aliphatic heterocycles. The average molecular weight is 354 g/mol. The minimum Gasteiger partial charge on any atom is -0.395 e. The molecule has 0 spiro atoms. The van der Waals surface area contributed by atoms with E-state index in [0.29, 0.717) is 6.54 Å². The topological polar surface area (TPSA) is 86.7 Å². The van der Waals surface area contributed by atoms with Gasteiger partial charge in [-0.05, 0) is 17.0 Å². The highest BCUT2D eigenvalue weighted by Gasteiger charge is 2.19. The van der Waals surface area contributed by atoms with E-state index in [1.54, 1.807) is 11.4 Å². The summed E-state index contributed by atoms with van der Waals surface area (Å²) < 4.78 is 26.5. The highest BCUT2D eigenvalue weighted by molar-refractivity contribution is 7.91. The summed E-state index contributed by atoms with van der Waals surface area (Å²) in [6.07, 6.45) is 0. The minimum absolute atomic E-state index is 0.147. The van der Waals surface area contributed by atoms with Gasteiger partial charge in [0.05, 0.1) is 13.2 Å². The van der Waals surface area contributed by atoms with Crippen LogP contribution < -0.4 is 4.72 Å². The summed E-state index contributed by atoms with van der Waals surface area (Å²) in [5, 5.41) is 10.8. The molecule has 1 aromatic carbocycles. The molecule has 0 aliphatic rings. The molecule has 0 aliphatic carbocycles. The molecule has 124 valence electrons. The van der Waals surface area contributed by atoms with E-state index in [0.717, 1.165) is 16.9 Å². The molecule has 2 rings (SSSR count). The Labute approximate surface area is 139 Å². The monoisotopic (exact) mass is 354 g/mol. The Morgan fingerprint density at radius 3 is 2.52 bits per heavy atom. The number of carbonyl (C=O) groups excluding carboxylic acids is 1. The van der Waals surface area contributed by atoms with Gasteiger partial charge in [-0.2, -0.15) is 0 Å². The molecule has 23 heavy (non-hydrogen) atoms. The second-order valence-electron chi connectivity index (χ2n) is 4.78. The van der Waals surface area contributed by atoms with Crippen LogP contribution in [-0.4, -0.2) is 44.0 Å². The third-order valence-electron chi connectivity index (χ3n) is 3.11. The largest absolute Gasteiger partial charge is 0.395 e. The number of carbonyl (C=O) groups is 1. The molecule has 6 nitrogen and oxygen atoms in total. The molecular formula is C15H18N2O4S2. The van der Waals surface area contributed by atoms with Gasteiger partial charge in [-0.3, -0.25) is 4.79 Å². The molecule has 8 heteroatoms. The van der Waals surface area contributed by atoms with E-state index < -0.39 is 10.0 Å². The van der Waals surface area contributed by atoms with E-state index in [1.807, 2.05) is 30.3 Å². The fourth-order valence-electron chi connectivity index (χ4n) is 1.97. The Hall–Kier alpha value is -1.74. The van der Waals surface area contributed by atoms with Gasteiger partial charge in [0.1, 0.15) is 4.21 Å². The third kappa shape index (κ3) is 5.14. The lowest BCUT2D eigenvalue weighted by Crippen LogP contribution is -2.41. The van der Waals surface area contributed by atoms with Gasteiger partial charge >= 0.3 is 0 Å². The molecule has 0 radical (unpaired) electrons. The summed E-state index contributed by atoms with van der Waals surface area (Å²) in [6, 6.07) is 12.4. The summed E-state index contributed by atoms with van der Waals surface area (Å²) in [5.74, 6) is -0.386. The Balaban J connectivity index is 1.98. The first kappa shape index (κ1) is 17.6. The summed E-state index contributed by atoms with van der Waals surface area (Å²) in [6.45, 7) is -0.0568. The quantitative estimate of drug-likeness (QED) is 0.742. The van der Waals surface area contributed by atoms with E-state index in [4.69, 9.17) is 5.11 Å². The van der Waals surface area contributed by atoms with Crippen molar-refractivity contribution in [2.75, 3.05) is 19.7 Å². The molecule has 0 unspecified atom stereocenters. The molecule has 0 atom stereocenters. The Bertz CT molecular complexity index is 715. The molecule has 1 amide bonds. The number of hydrogen-bond donors (Lipinski definition) is 2. The number of thiophene rings is 1. The summed E-state index contributed by atoms with van der Waals surface area (Å²) in [5.41, 5.74) is 0.912. The van der Waals surface area contributed by atoms with Crippen molar-refractivity contribution in [1.82, 2.24) is 9.62 Å². The highest BCUT2D eigenvalue weighted by Crippen LogP contribution is 2.15. The van der Waals surface area contributed by atoms with Crippen LogP contribution in [0.1, 0.15) is 5.56 Å². The Morgan fingerprint density at radius 2 is 1.91 bits per heavy atom. The number of rotatable bonds is 8. The standard InChI is InChI=1S/C15H18N2O4S2/c18-9-8-17(12-13-5-2-1-3-6-13)14(19)11-16-23(20,21)15-7-4-10-22-15/h1-7,10,16,18H,8-9,11-12H2. The number of sulfonamides is 1. The van der Waals surface area contributed by atoms with E-state index in [2.05, 4.69) is 4.72 Å². The van der Waals surface area contributed by atoms with Crippen LogP contribution in [0.15, 0.2) is 52.1 Å². The van der Waals surface area contributed by atoms with Crippen LogP contribution in [0.2, 0.25) is 0 Å². The van der Waals surface area contributed by atoms with Crippen LogP contribution in [-0.2, 0) is 21.4 Å². The van der Waals surface area contributed by atoms with E-state index in [1.165, 1.54) is 11.0 Å². The number of nitrogens with zero attached hydrogens (tertiary/aromatic N) is 1. The lowest BCUT2D eigenvalue weighted by Gasteiger charge is -2.22. The van der Waals surface area contributed by atoms with Crippen molar-refractivity contribution in [3.05, 3.63) is 53.4 Å². The zero-order valence-electron chi connectivity index (χ0n) is 12.4. The summed E-state index contributed by atoms with van der Waals surface area (Å²) >= 11 is 1.09. The molecule has 2 N–H and O–H groups in total. The molecule has 0 saturated carbocycles. The van der Waals surface area contributed by atoms with E-state index >= 15 is 0 Å². The van der Waals surface area contributed by atoms with Gasteiger partial charge in [-0.25, -0.2) is 13.1 Å². The lowest BCUT2D eigenvalue weighted by atomic mass is 10.2. The van der Waals surface area contributed by atoms with Crippen molar-refractivity contribution in [2.24, 2.45) is 0 Å². The Kier molecular flexibility index (Phi) is 6.28. The number of hydrogen-bond acceptors (Lipinski definition) is 5. The van der Waals surface area contributed by atoms with Crippen molar-refractivity contribution < 1.29 is 18.3 Å². The molecule has 0 fully saturated rings. The second-order valence-corrected chi connectivity index (χ2v) is 7.72. The molecular weight excluding hydrogens is 336 g/mol. The fourth-order valence-corrected chi connectivity index (χ4v) is 3.98. The maximum Gasteiger partial charge on any atom is 0.250 e. The van der Waals surface area contributed by atoms with Gasteiger partial charge in [0.2, 0.25) is 5.91 Å². The van der Waals surface area contributed by atoms with Gasteiger partial charge < -0.3 is 10.0 Å². The molecule has 1 aromatic heterocycles. The molecule has 2 aromatic rings. The first-order chi connectivity index (χ1) is 11.0. The number of aliphatic hydroxyl groups excluding tert-OH is 1. The number of amides is 1. The van der Waals surface area contributed by atoms with E-state index in [-0.39, 0.29) is 29.8 Å². The van der Waals surface area contributed by atoms with Crippen LogP contribution in [0.3, 0.4) is 0 Å². The van der Waals surface area contributed by atoms with Crippen LogP contribution in [0.4, 0.5) is 0 Å². The SMILES string of the molecule is O=C(CNS(=O)(=O)c1cccs1)N(CCO)Cc1ccccc1. The smallest absolute Gasteiger partial charge is 0.250 e. The zero-order chi connectivity index (χ0) is 16.7. The van der Waals surface area contributed by atoms with Crippen LogP contribution >= 0.6 is 11.3 Å². The van der Waals surface area contributed by atoms with Gasteiger partial charge in [-0.1, -0.05) is 36.4 Å². The van der Waals surface area contributed by atoms with Crippen LogP contribution in [0, 0.1) is 0 Å². The first-order valence-electron chi connectivity index (χ1n) is 6.98. The van der Waals surface area contributed by atoms with Gasteiger partial charge in [0.15, 0.2) is 0 Å². The molecule has 1 heterocycles. The molecule has 0 saturated heterocycles. The minimum atomic E-state index is -3.67. The summed E-state index contributed by atoms with van der Waals surface area (Å²) in [7, 11) is -3.67. The number of aliphatic hydroxyl groups is 1. The number of nitrogens with one attached hydrogen (secondary N) is 1. The predicted octanol–water partition coefficient (Wildman–Crippen LogP) is 1.05. The lowest BCUT2D eigenvalue weighted by molar-refractivity contribution is -0.131. The van der Waals surface area contributed by atoms with Crippen molar-refractivity contribution in [2.45, 2.75) is 10.8 Å². The number of benzene rings is 1. The third-order valence-corrected chi connectivity index (χ3v) is 5.91. The van der Waals surface area contributed by atoms with Gasteiger partial charge in [0.25, 0.3) is 10.0 Å². The zero-order valence-corrected chi connectivity index (χ0v) is 14.0. The maximum atomic E-state index is 12.2. The maximum absolute atomic E-state index is 12.2. The first-order valence-corrected chi connectivity index (χ1v) is 9.35. The van der Waals surface area contributed by atoms with Crippen molar-refractivity contribution in [3.8, 4) is 0 Å². The van der Waals surface area contributed by atoms with Crippen molar-refractivity contribution in [1.29, 1.82) is 0 Å². The highest BCUT2D eigenvalue weighted by atomic mass is 32.2. The van der Waals surface area contributed by atoms with Gasteiger partial charge in [-0.15, -0.1) is 11.3 Å². The second kappa shape index (κ2) is 8.21. The predicted molar refractivity (Wildman–Crippen MR) is 88.5 cm³/mol. The fraction of sp³-hybridized carbons (Fsp3) is 0.267. The normalized spacial score (nSPS) is 11.3. The van der Waals surface area contributed by atoms with Crippen molar-refractivity contribution in [3.63, 3.8) is 0 Å². The summed E-state index contributed by atoms with van der Waals surface area (Å²) in [4.78, 5) is 13.7. The van der Waals surface area contributed by atoms with Gasteiger partial charge in [0, 0.05) is 13.1 Å². The van der Waals surface area contributed by atoms with Crippen LogP contribution in [0.25, 0.3) is 0 Å². The average Bonchev–Trinajstić information content (AvgIpc) is 3.09. The van der Waals surface area contributed by atoms with Crippen LogP contribution in [0.5, 0.6) is 0 Å². The van der Waals surface area contributed by atoms with Crippen molar-refractivity contribution >= 4 is 27.3 Å². The van der Waals surface area contributed by atoms with E-state index in [9.17, 15) is 13.2 Å².